The predicted octanol–water partition coefficient (Wildman–Crippen LogP) is 29.5. The first-order valence-electron chi connectivity index (χ1n) is 40.6. The second kappa shape index (κ2) is 29.3. The van der Waals surface area contributed by atoms with E-state index in [1.165, 1.54) is 195 Å². The third-order valence-corrected chi connectivity index (χ3v) is 30.5. The molecule has 4 spiro atoms. The number of alkyl halides is 2. The molecule has 0 bridgehead atoms. The number of rotatable bonds is 0. The number of hydrogen-bond acceptors (Lipinski definition) is 0. The zero-order valence-corrected chi connectivity index (χ0v) is 70.8. The van der Waals surface area contributed by atoms with Crippen LogP contribution in [0, 0.1) is 20.8 Å². The lowest BCUT2D eigenvalue weighted by Gasteiger charge is -2.35. The molecule has 2 atom stereocenters. The van der Waals surface area contributed by atoms with Crippen LogP contribution in [-0.4, -0.2) is 0 Å². The van der Waals surface area contributed by atoms with Gasteiger partial charge in [-0.2, -0.15) is 0 Å². The van der Waals surface area contributed by atoms with Crippen molar-refractivity contribution < 1.29 is 0 Å². The van der Waals surface area contributed by atoms with Crippen LogP contribution >= 0.6 is 63.7 Å². The average Bonchev–Trinajstić information content (AvgIpc) is 1.50. The summed E-state index contributed by atoms with van der Waals surface area (Å²) in [5, 5.41) is 0. The fraction of sp³-hybridized carbons (Fsp3) is 0.143. The summed E-state index contributed by atoms with van der Waals surface area (Å²) < 4.78 is 2.27. The Morgan fingerprint density at radius 3 is 0.802 bits per heavy atom. The number of hydrogen-bond donors (Lipinski definition) is 0. The van der Waals surface area contributed by atoms with Gasteiger partial charge in [-0.1, -0.05) is 421 Å². The first-order chi connectivity index (χ1) is 56.4. The molecule has 8 aliphatic rings. The van der Waals surface area contributed by atoms with E-state index in [0.717, 1.165) is 47.5 Å². The lowest BCUT2D eigenvalue weighted by Crippen LogP contribution is -2.30. The molecule has 0 saturated heterocycles. The van der Waals surface area contributed by atoms with Crippen molar-refractivity contribution in [1.29, 1.82) is 0 Å². The van der Waals surface area contributed by atoms with Crippen molar-refractivity contribution in [3.63, 3.8) is 0 Å². The van der Waals surface area contributed by atoms with Crippen LogP contribution in [0.3, 0.4) is 0 Å². The first-order valence-corrected chi connectivity index (χ1v) is 44.1. The van der Waals surface area contributed by atoms with E-state index in [9.17, 15) is 0 Å². The van der Waals surface area contributed by atoms with Crippen LogP contribution in [-0.2, 0) is 60.2 Å². The van der Waals surface area contributed by atoms with Crippen molar-refractivity contribution in [3.05, 3.63) is 517 Å². The molecular formula is C112H86Br4. The summed E-state index contributed by atoms with van der Waals surface area (Å²) in [6.07, 6.45) is 6.53. The highest BCUT2D eigenvalue weighted by atomic mass is 79.9. The van der Waals surface area contributed by atoms with Crippen molar-refractivity contribution >= 4 is 63.7 Å². The maximum Gasteiger partial charge on any atom is 0.0719 e. The van der Waals surface area contributed by atoms with Crippen LogP contribution < -0.4 is 0 Å². The van der Waals surface area contributed by atoms with E-state index in [1.54, 1.807) is 0 Å². The number of aryl methyl sites for hydroxylation is 9. The molecule has 24 rings (SSSR count). The number of fused-ring (bicyclic) bond motifs is 36. The second-order valence-electron chi connectivity index (χ2n) is 32.6. The van der Waals surface area contributed by atoms with E-state index >= 15 is 0 Å². The molecule has 16 aromatic carbocycles. The Labute approximate surface area is 717 Å². The highest BCUT2D eigenvalue weighted by Crippen LogP contribution is 2.65. The van der Waals surface area contributed by atoms with E-state index in [2.05, 4.69) is 442 Å². The summed E-state index contributed by atoms with van der Waals surface area (Å²) in [4.78, 5) is 0.387. The molecule has 0 fully saturated rings. The van der Waals surface area contributed by atoms with Crippen LogP contribution in [0.15, 0.2) is 367 Å². The molecule has 0 aliphatic heterocycles. The maximum atomic E-state index is 4.04. The van der Waals surface area contributed by atoms with Gasteiger partial charge in [0.05, 0.1) is 31.3 Å². The minimum atomic E-state index is -0.311. The summed E-state index contributed by atoms with van der Waals surface area (Å²) in [6, 6.07) is 134. The van der Waals surface area contributed by atoms with Gasteiger partial charge in [-0.05, 0) is 262 Å². The van der Waals surface area contributed by atoms with E-state index in [1.807, 2.05) is 0 Å². The SMILES string of the molecule is BrC1c2ccccc2C2(c3ccccc3-c3ccccc32)c2ccccc2C1Br.C.Cc1ccc2c(c1)-c1cc(Br)ccc1C21c2ccccc2CCc2ccccc21.Cc1ccc2c(c1)C1(c3ccccc3CCc3ccccc31)c1cc(Br)ccc1-2.Cc1ccc2c(c1)C1(c3ccccc3CCc3ccccc31)c1ccccc1-2. The quantitative estimate of drug-likeness (QED) is 0.133. The number of halogens is 4. The van der Waals surface area contributed by atoms with Crippen molar-refractivity contribution in [2.75, 3.05) is 0 Å². The molecule has 4 heteroatoms. The molecular weight excluding hydrogens is 1660 g/mol. The third-order valence-electron chi connectivity index (χ3n) is 26.8. The summed E-state index contributed by atoms with van der Waals surface area (Å²) in [5.74, 6) is 0. The van der Waals surface area contributed by atoms with Gasteiger partial charge in [-0.25, -0.2) is 0 Å². The van der Waals surface area contributed by atoms with Gasteiger partial charge in [0.1, 0.15) is 0 Å². The van der Waals surface area contributed by atoms with E-state index in [0.29, 0.717) is 0 Å². The fourth-order valence-corrected chi connectivity index (χ4v) is 24.4. The Bertz CT molecular complexity index is 6300. The summed E-state index contributed by atoms with van der Waals surface area (Å²) in [7, 11) is 0. The second-order valence-corrected chi connectivity index (χ2v) is 36.4. The Balaban J connectivity index is 0.0000000995. The molecule has 0 aromatic heterocycles. The van der Waals surface area contributed by atoms with E-state index < -0.39 is 0 Å². The topological polar surface area (TPSA) is 0 Å². The molecule has 2 unspecified atom stereocenters. The van der Waals surface area contributed by atoms with Crippen molar-refractivity contribution in [3.8, 4) is 44.5 Å². The summed E-state index contributed by atoms with van der Waals surface area (Å²) in [6.45, 7) is 6.62. The molecule has 0 saturated carbocycles. The van der Waals surface area contributed by atoms with Gasteiger partial charge in [0.2, 0.25) is 0 Å². The highest BCUT2D eigenvalue weighted by molar-refractivity contribution is 9.12. The first kappa shape index (κ1) is 74.3. The average molecular weight is 1750 g/mol. The Morgan fingerprint density at radius 2 is 0.422 bits per heavy atom. The van der Waals surface area contributed by atoms with Crippen LogP contribution in [0.25, 0.3) is 44.5 Å². The van der Waals surface area contributed by atoms with Crippen LogP contribution in [0.1, 0.15) is 167 Å². The Hall–Kier alpha value is -10.6. The van der Waals surface area contributed by atoms with Gasteiger partial charge in [0.15, 0.2) is 0 Å². The van der Waals surface area contributed by atoms with Gasteiger partial charge in [-0.15, -0.1) is 0 Å². The summed E-state index contributed by atoms with van der Waals surface area (Å²) >= 11 is 15.6. The van der Waals surface area contributed by atoms with Gasteiger partial charge < -0.3 is 0 Å². The van der Waals surface area contributed by atoms with Gasteiger partial charge in [0.25, 0.3) is 0 Å². The smallest absolute Gasteiger partial charge is 0.0719 e. The predicted molar refractivity (Wildman–Crippen MR) is 497 cm³/mol. The van der Waals surface area contributed by atoms with Crippen LogP contribution in [0.2, 0.25) is 0 Å². The van der Waals surface area contributed by atoms with Crippen LogP contribution in [0.4, 0.5) is 0 Å². The molecule has 562 valence electrons. The lowest BCUT2D eigenvalue weighted by atomic mass is 9.66. The van der Waals surface area contributed by atoms with Crippen molar-refractivity contribution in [2.24, 2.45) is 0 Å². The lowest BCUT2D eigenvalue weighted by molar-refractivity contribution is 0.760. The van der Waals surface area contributed by atoms with Crippen molar-refractivity contribution in [2.45, 2.75) is 98.0 Å². The molecule has 116 heavy (non-hydrogen) atoms. The van der Waals surface area contributed by atoms with Crippen molar-refractivity contribution in [1.82, 2.24) is 0 Å². The Morgan fingerprint density at radius 1 is 0.198 bits per heavy atom. The standard InChI is InChI=1S/2C28H21Br.C28H22.C27H18Br2.CH4/c1-18-10-14-26-22(16-18)23-17-21(29)13-15-27(23)28(26)24-8-4-2-6-19(24)11-12-20-7-3-5-9-25(20)28;1-18-10-14-22-23-15-13-21(29)17-27(23)28(26(22)16-18)24-8-4-2-6-19(24)11-12-20-7-3-5-9-25(20)28;1-19-14-17-23-22-10-4-7-13-26(22)28(27(23)18-19)24-11-5-2-8-20(24)15-16-21-9-3-6-12-25(21)28;28-25-19-11-3-7-15-23(19)27(24-16-8-4-12-20(24)26(25)29)21-13-5-1-9-17(21)18-10-2-6-14-22(18)27;/h2*2-10,13-17H,11-12H2,1H3;2-14,17-18H,15-16H2,1H3;1-16,25-26H;1H4. The Kier molecular flexibility index (Phi) is 18.7. The summed E-state index contributed by atoms with van der Waals surface area (Å²) in [5.41, 5.74) is 48.0. The molecule has 0 nitrogen and oxygen atoms in total. The molecule has 0 heterocycles. The third kappa shape index (κ3) is 11.0. The van der Waals surface area contributed by atoms with Gasteiger partial charge in [-0.3, -0.25) is 0 Å². The molecule has 0 amide bonds. The molecule has 16 aromatic rings. The van der Waals surface area contributed by atoms with E-state index in [4.69, 9.17) is 0 Å². The van der Waals surface area contributed by atoms with Gasteiger partial charge >= 0.3 is 0 Å². The van der Waals surface area contributed by atoms with Gasteiger partial charge in [0, 0.05) is 8.95 Å². The highest BCUT2D eigenvalue weighted by Gasteiger charge is 2.54. The van der Waals surface area contributed by atoms with E-state index in [-0.39, 0.29) is 38.7 Å². The molecule has 8 aliphatic carbocycles. The molecule has 0 radical (unpaired) electrons. The maximum absolute atomic E-state index is 4.04. The fourth-order valence-electron chi connectivity index (χ4n) is 22.3. The van der Waals surface area contributed by atoms with Crippen LogP contribution in [0.5, 0.6) is 0 Å². The minimum absolute atomic E-state index is 0. The minimum Gasteiger partial charge on any atom is -0.0823 e. The zero-order valence-electron chi connectivity index (χ0n) is 64.5. The monoisotopic (exact) mass is 1750 g/mol. The zero-order chi connectivity index (χ0) is 77.5. The normalized spacial score (nSPS) is 16.4. The molecule has 0 N–H and O–H groups in total. The number of benzene rings is 16. The largest absolute Gasteiger partial charge is 0.0823 e.